The Morgan fingerprint density at radius 2 is 1.52 bits per heavy atom. The quantitative estimate of drug-likeness (QED) is 0.330. The number of furan rings is 1. The lowest BCUT2D eigenvalue weighted by Crippen LogP contribution is -2.19. The Morgan fingerprint density at radius 3 is 2.34 bits per heavy atom. The van der Waals surface area contributed by atoms with Crippen LogP contribution >= 0.6 is 0 Å². The molecule has 0 N–H and O–H groups in total. The number of benzene rings is 3. The van der Waals surface area contributed by atoms with Crippen molar-refractivity contribution in [2.75, 3.05) is 0 Å². The minimum Gasteiger partial charge on any atom is -0.455 e. The molecule has 0 radical (unpaired) electrons. The lowest BCUT2D eigenvalue weighted by molar-refractivity contribution is 0.639. The number of para-hydroxylation sites is 2. The fourth-order valence-corrected chi connectivity index (χ4v) is 4.05. The van der Waals surface area contributed by atoms with Gasteiger partial charge in [0.05, 0.1) is 5.69 Å². The summed E-state index contributed by atoms with van der Waals surface area (Å²) >= 11 is 0. The topological polar surface area (TPSA) is 26.0 Å². The molecule has 0 bridgehead atoms. The van der Waals surface area contributed by atoms with Crippen molar-refractivity contribution in [1.29, 1.82) is 0 Å². The summed E-state index contributed by atoms with van der Waals surface area (Å²) in [7, 11) is 0. The van der Waals surface area contributed by atoms with Crippen LogP contribution in [-0.2, 0) is 5.41 Å². The van der Waals surface area contributed by atoms with E-state index in [2.05, 4.69) is 81.4 Å². The van der Waals surface area contributed by atoms with Gasteiger partial charge in [0.25, 0.3) is 0 Å². The van der Waals surface area contributed by atoms with E-state index >= 15 is 0 Å². The van der Waals surface area contributed by atoms with Gasteiger partial charge in [-0.15, -0.1) is 0 Å². The van der Waals surface area contributed by atoms with Crippen LogP contribution < -0.4 is 0 Å². The molecular weight excluding hydrogens is 354 g/mol. The van der Waals surface area contributed by atoms with E-state index in [4.69, 9.17) is 9.40 Å². The van der Waals surface area contributed by atoms with Crippen molar-refractivity contribution in [3.05, 3.63) is 102 Å². The van der Waals surface area contributed by atoms with Gasteiger partial charge < -0.3 is 4.42 Å². The minimum absolute atomic E-state index is 0.118. The Kier molecular flexibility index (Phi) is 4.02. The summed E-state index contributed by atoms with van der Waals surface area (Å²) in [6, 6.07) is 27.6. The van der Waals surface area contributed by atoms with Crippen molar-refractivity contribution in [3.8, 4) is 11.3 Å². The number of rotatable bonds is 3. The van der Waals surface area contributed by atoms with Crippen LogP contribution in [0.5, 0.6) is 0 Å². The van der Waals surface area contributed by atoms with E-state index in [0.29, 0.717) is 0 Å². The summed E-state index contributed by atoms with van der Waals surface area (Å²) in [5.41, 5.74) is 7.45. The molecule has 2 aromatic heterocycles. The highest BCUT2D eigenvalue weighted by Crippen LogP contribution is 2.37. The van der Waals surface area contributed by atoms with Crippen molar-refractivity contribution in [2.45, 2.75) is 26.2 Å². The highest BCUT2D eigenvalue weighted by molar-refractivity contribution is 6.09. The average Bonchev–Trinajstić information content (AvgIpc) is 3.13. The standard InChI is InChI=1S/C27H23NO/c1-18-11-13-19(14-12-18)27(2,3)20-15-16-28-24(17-20)23-9-6-8-22-21-7-4-5-10-25(21)29-26(22)23/h4-17H,1-3H3. The van der Waals surface area contributed by atoms with Crippen molar-refractivity contribution >= 4 is 21.9 Å². The van der Waals surface area contributed by atoms with E-state index in [1.165, 1.54) is 16.7 Å². The molecule has 0 aliphatic heterocycles. The van der Waals surface area contributed by atoms with E-state index in [0.717, 1.165) is 33.2 Å². The molecule has 0 amide bonds. The molecule has 5 rings (SSSR count). The molecule has 0 spiro atoms. The second-order valence-electron chi connectivity index (χ2n) is 8.20. The summed E-state index contributed by atoms with van der Waals surface area (Å²) in [6.07, 6.45) is 1.90. The van der Waals surface area contributed by atoms with Gasteiger partial charge in [0, 0.05) is 27.9 Å². The van der Waals surface area contributed by atoms with E-state index in [9.17, 15) is 0 Å². The van der Waals surface area contributed by atoms with Crippen molar-refractivity contribution in [3.63, 3.8) is 0 Å². The molecule has 0 atom stereocenters. The first-order valence-electron chi connectivity index (χ1n) is 9.98. The molecule has 2 heteroatoms. The zero-order chi connectivity index (χ0) is 20.0. The first kappa shape index (κ1) is 17.7. The van der Waals surface area contributed by atoms with Crippen LogP contribution in [0.25, 0.3) is 33.2 Å². The van der Waals surface area contributed by atoms with Gasteiger partial charge in [0.1, 0.15) is 11.2 Å². The highest BCUT2D eigenvalue weighted by Gasteiger charge is 2.24. The van der Waals surface area contributed by atoms with Gasteiger partial charge in [0.2, 0.25) is 0 Å². The molecule has 0 unspecified atom stereocenters. The van der Waals surface area contributed by atoms with Gasteiger partial charge in [0.15, 0.2) is 0 Å². The van der Waals surface area contributed by atoms with Gasteiger partial charge in [-0.25, -0.2) is 0 Å². The largest absolute Gasteiger partial charge is 0.455 e. The van der Waals surface area contributed by atoms with Crippen molar-refractivity contribution in [2.24, 2.45) is 0 Å². The van der Waals surface area contributed by atoms with Crippen LogP contribution in [0.15, 0.2) is 89.5 Å². The van der Waals surface area contributed by atoms with Crippen LogP contribution in [0.3, 0.4) is 0 Å². The van der Waals surface area contributed by atoms with Crippen molar-refractivity contribution in [1.82, 2.24) is 4.98 Å². The zero-order valence-corrected chi connectivity index (χ0v) is 16.9. The maximum Gasteiger partial charge on any atom is 0.144 e. The van der Waals surface area contributed by atoms with Gasteiger partial charge in [-0.3, -0.25) is 4.98 Å². The van der Waals surface area contributed by atoms with Crippen LogP contribution in [-0.4, -0.2) is 4.98 Å². The third-order valence-electron chi connectivity index (χ3n) is 5.94. The lowest BCUT2D eigenvalue weighted by Gasteiger charge is -2.26. The number of nitrogens with zero attached hydrogens (tertiary/aromatic N) is 1. The molecule has 0 fully saturated rings. The molecule has 142 valence electrons. The van der Waals surface area contributed by atoms with Crippen LogP contribution in [0, 0.1) is 6.92 Å². The Hall–Kier alpha value is -3.39. The maximum absolute atomic E-state index is 6.22. The molecule has 3 aromatic carbocycles. The van der Waals surface area contributed by atoms with E-state index in [1.54, 1.807) is 0 Å². The molecule has 2 heterocycles. The minimum atomic E-state index is -0.118. The average molecular weight is 377 g/mol. The van der Waals surface area contributed by atoms with Gasteiger partial charge in [-0.2, -0.15) is 0 Å². The van der Waals surface area contributed by atoms with Crippen molar-refractivity contribution < 1.29 is 4.42 Å². The summed E-state index contributed by atoms with van der Waals surface area (Å²) < 4.78 is 6.22. The third kappa shape index (κ3) is 2.92. The SMILES string of the molecule is Cc1ccc(C(C)(C)c2ccnc(-c3cccc4c3oc3ccccc34)c2)cc1. The zero-order valence-electron chi connectivity index (χ0n) is 16.9. The first-order valence-corrected chi connectivity index (χ1v) is 9.98. The second kappa shape index (κ2) is 6.59. The third-order valence-corrected chi connectivity index (χ3v) is 5.94. The smallest absolute Gasteiger partial charge is 0.144 e. The Bertz CT molecular complexity index is 1330. The van der Waals surface area contributed by atoms with E-state index in [1.807, 2.05) is 24.4 Å². The molecule has 2 nitrogen and oxygen atoms in total. The summed E-state index contributed by atoms with van der Waals surface area (Å²) in [5.74, 6) is 0. The van der Waals surface area contributed by atoms with Gasteiger partial charge in [-0.05, 0) is 42.3 Å². The normalized spacial score (nSPS) is 12.0. The molecule has 5 aromatic rings. The predicted octanol–water partition coefficient (Wildman–Crippen LogP) is 7.28. The predicted molar refractivity (Wildman–Crippen MR) is 120 cm³/mol. The van der Waals surface area contributed by atoms with Gasteiger partial charge >= 0.3 is 0 Å². The maximum atomic E-state index is 6.22. The van der Waals surface area contributed by atoms with Crippen LogP contribution in [0.1, 0.15) is 30.5 Å². The number of hydrogen-bond donors (Lipinski definition) is 0. The Balaban J connectivity index is 1.66. The summed E-state index contributed by atoms with van der Waals surface area (Å²) in [4.78, 5) is 4.69. The van der Waals surface area contributed by atoms with Crippen LogP contribution in [0.4, 0.5) is 0 Å². The number of aryl methyl sites for hydroxylation is 1. The number of hydrogen-bond acceptors (Lipinski definition) is 2. The number of pyridine rings is 1. The molecule has 0 aliphatic rings. The lowest BCUT2D eigenvalue weighted by atomic mass is 9.78. The van der Waals surface area contributed by atoms with Crippen LogP contribution in [0.2, 0.25) is 0 Å². The molecule has 0 saturated carbocycles. The second-order valence-corrected chi connectivity index (χ2v) is 8.20. The fourth-order valence-electron chi connectivity index (χ4n) is 4.05. The van der Waals surface area contributed by atoms with E-state index < -0.39 is 0 Å². The Labute approximate surface area is 170 Å². The molecular formula is C27H23NO. The molecule has 0 saturated heterocycles. The fraction of sp³-hybridized carbons (Fsp3) is 0.148. The molecule has 0 aliphatic carbocycles. The highest BCUT2D eigenvalue weighted by atomic mass is 16.3. The molecule has 29 heavy (non-hydrogen) atoms. The number of aromatic nitrogens is 1. The number of fused-ring (bicyclic) bond motifs is 3. The summed E-state index contributed by atoms with van der Waals surface area (Å²) in [5, 5.41) is 2.27. The Morgan fingerprint density at radius 1 is 0.759 bits per heavy atom. The van der Waals surface area contributed by atoms with E-state index in [-0.39, 0.29) is 5.41 Å². The first-order chi connectivity index (χ1) is 14.0. The van der Waals surface area contributed by atoms with Gasteiger partial charge in [-0.1, -0.05) is 74.0 Å². The monoisotopic (exact) mass is 377 g/mol. The summed E-state index contributed by atoms with van der Waals surface area (Å²) in [6.45, 7) is 6.65.